The van der Waals surface area contributed by atoms with Gasteiger partial charge in [0.25, 0.3) is 0 Å². The first-order chi connectivity index (χ1) is 9.61. The second-order valence-corrected chi connectivity index (χ2v) is 4.78. The van der Waals surface area contributed by atoms with Gasteiger partial charge >= 0.3 is 12.0 Å². The fraction of sp³-hybridized carbons (Fsp3) is 0.714. The molecule has 0 aromatic carbocycles. The van der Waals surface area contributed by atoms with Gasteiger partial charge in [0, 0.05) is 19.5 Å². The fourth-order valence-corrected chi connectivity index (χ4v) is 2.23. The zero-order valence-corrected chi connectivity index (χ0v) is 11.8. The predicted octanol–water partition coefficient (Wildman–Crippen LogP) is 0.921. The number of carbonyl (C=O) groups excluding carboxylic acids is 1. The lowest BCUT2D eigenvalue weighted by atomic mass is 10.0. The van der Waals surface area contributed by atoms with Crippen molar-refractivity contribution in [1.82, 2.24) is 10.2 Å². The Bertz CT molecular complexity index is 378. The van der Waals surface area contributed by atoms with Crippen molar-refractivity contribution < 1.29 is 19.4 Å². The summed E-state index contributed by atoms with van der Waals surface area (Å²) >= 11 is 0. The summed E-state index contributed by atoms with van der Waals surface area (Å²) < 4.78 is 5.22. The Morgan fingerprint density at radius 3 is 2.85 bits per heavy atom. The summed E-state index contributed by atoms with van der Waals surface area (Å²) in [7, 11) is 0. The average Bonchev–Trinajstić information content (AvgIpc) is 2.90. The lowest BCUT2D eigenvalue weighted by molar-refractivity contribution is -0.142. The van der Waals surface area contributed by atoms with Gasteiger partial charge in [0.1, 0.15) is 5.92 Å². The number of aliphatic carboxylic acids is 1. The molecule has 6 nitrogen and oxygen atoms in total. The second-order valence-electron chi connectivity index (χ2n) is 4.78. The van der Waals surface area contributed by atoms with Gasteiger partial charge < -0.3 is 20.1 Å². The van der Waals surface area contributed by atoms with Crippen molar-refractivity contribution in [3.8, 4) is 12.3 Å². The maximum atomic E-state index is 12.2. The molecule has 0 radical (unpaired) electrons. The van der Waals surface area contributed by atoms with Crippen molar-refractivity contribution in [3.05, 3.63) is 0 Å². The van der Waals surface area contributed by atoms with Crippen LogP contribution in [-0.4, -0.2) is 54.4 Å². The molecule has 112 valence electrons. The minimum Gasteiger partial charge on any atom is -0.481 e. The number of hydrogen-bond donors (Lipinski definition) is 2. The van der Waals surface area contributed by atoms with Gasteiger partial charge in [-0.25, -0.2) is 4.79 Å². The van der Waals surface area contributed by atoms with Crippen molar-refractivity contribution in [2.75, 3.05) is 26.3 Å². The molecule has 2 unspecified atom stereocenters. The number of carbonyl (C=O) groups is 2. The van der Waals surface area contributed by atoms with Crippen LogP contribution in [0.5, 0.6) is 0 Å². The molecule has 0 aromatic heterocycles. The van der Waals surface area contributed by atoms with Crippen molar-refractivity contribution >= 4 is 12.0 Å². The first kappa shape index (κ1) is 16.3. The van der Waals surface area contributed by atoms with Crippen LogP contribution < -0.4 is 5.32 Å². The molecule has 1 saturated heterocycles. The van der Waals surface area contributed by atoms with Gasteiger partial charge in [0.05, 0.1) is 19.3 Å². The van der Waals surface area contributed by atoms with E-state index < -0.39 is 17.9 Å². The topological polar surface area (TPSA) is 78.9 Å². The summed E-state index contributed by atoms with van der Waals surface area (Å²) in [5, 5.41) is 11.9. The Labute approximate surface area is 119 Å². The number of nitrogens with one attached hydrogen (secondary N) is 1. The normalized spacial score (nSPS) is 21.2. The van der Waals surface area contributed by atoms with Crippen molar-refractivity contribution in [2.45, 2.75) is 32.2 Å². The van der Waals surface area contributed by atoms with Gasteiger partial charge in [-0.1, -0.05) is 6.92 Å². The van der Waals surface area contributed by atoms with Crippen molar-refractivity contribution in [2.24, 2.45) is 5.92 Å². The van der Waals surface area contributed by atoms with E-state index in [9.17, 15) is 9.59 Å². The minimum absolute atomic E-state index is 0.157. The Kier molecular flexibility index (Phi) is 6.88. The summed E-state index contributed by atoms with van der Waals surface area (Å²) in [5.74, 6) is 0.933. The second kappa shape index (κ2) is 8.43. The number of ether oxygens (including phenoxy) is 1. The van der Waals surface area contributed by atoms with Crippen LogP contribution in [0.2, 0.25) is 0 Å². The zero-order valence-electron chi connectivity index (χ0n) is 11.8. The average molecular weight is 282 g/mol. The molecule has 1 heterocycles. The largest absolute Gasteiger partial charge is 0.481 e. The Hall–Kier alpha value is -1.74. The molecule has 2 N–H and O–H groups in total. The number of rotatable bonds is 7. The van der Waals surface area contributed by atoms with Crippen molar-refractivity contribution in [3.63, 3.8) is 0 Å². The number of nitrogens with zero attached hydrogens (tertiary/aromatic N) is 1. The monoisotopic (exact) mass is 282 g/mol. The Morgan fingerprint density at radius 2 is 2.25 bits per heavy atom. The first-order valence-electron chi connectivity index (χ1n) is 6.90. The maximum absolute atomic E-state index is 12.2. The molecule has 2 amide bonds. The van der Waals surface area contributed by atoms with E-state index in [1.54, 1.807) is 4.90 Å². The molecule has 0 spiro atoms. The molecule has 0 aromatic rings. The third-order valence-corrected chi connectivity index (χ3v) is 3.27. The number of unbranched alkanes of at least 4 members (excludes halogenated alkanes) is 1. The van der Waals surface area contributed by atoms with Gasteiger partial charge in [-0.05, 0) is 12.8 Å². The van der Waals surface area contributed by atoms with Gasteiger partial charge in [-0.3, -0.25) is 4.79 Å². The van der Waals surface area contributed by atoms with E-state index in [1.807, 2.05) is 6.92 Å². The summed E-state index contributed by atoms with van der Waals surface area (Å²) in [5.41, 5.74) is 0. The predicted molar refractivity (Wildman–Crippen MR) is 74.2 cm³/mol. The molecule has 20 heavy (non-hydrogen) atoms. The van der Waals surface area contributed by atoms with Crippen LogP contribution in [0.25, 0.3) is 0 Å². The third kappa shape index (κ3) is 4.42. The lowest BCUT2D eigenvalue weighted by Crippen LogP contribution is -2.51. The van der Waals surface area contributed by atoms with E-state index in [2.05, 4.69) is 11.2 Å². The standard InChI is InChI=1S/C14H22N2O4/c1-3-5-6-7-15-14(19)16(8-4-2)12-10-20-9-11(12)13(17)18/h1,11-12H,4-10H2,2H3,(H,15,19)(H,17,18). The van der Waals surface area contributed by atoms with Gasteiger partial charge in [-0.2, -0.15) is 0 Å². The number of urea groups is 1. The zero-order chi connectivity index (χ0) is 15.0. The summed E-state index contributed by atoms with van der Waals surface area (Å²) in [6.45, 7) is 3.39. The minimum atomic E-state index is -0.922. The third-order valence-electron chi connectivity index (χ3n) is 3.27. The molecule has 0 saturated carbocycles. The molecule has 2 atom stereocenters. The van der Waals surface area contributed by atoms with Crippen molar-refractivity contribution in [1.29, 1.82) is 0 Å². The van der Waals surface area contributed by atoms with Crippen LogP contribution in [0, 0.1) is 18.3 Å². The summed E-state index contributed by atoms with van der Waals surface area (Å²) in [4.78, 5) is 24.9. The Morgan fingerprint density at radius 1 is 1.50 bits per heavy atom. The lowest BCUT2D eigenvalue weighted by Gasteiger charge is -2.30. The molecule has 0 aliphatic carbocycles. The van der Waals surface area contributed by atoms with Crippen LogP contribution in [0.3, 0.4) is 0 Å². The fourth-order valence-electron chi connectivity index (χ4n) is 2.23. The van der Waals surface area contributed by atoms with Crippen LogP contribution in [-0.2, 0) is 9.53 Å². The van der Waals surface area contributed by atoms with Gasteiger partial charge in [0.15, 0.2) is 0 Å². The molecule has 1 aliphatic heterocycles. The first-order valence-corrected chi connectivity index (χ1v) is 6.90. The van der Waals surface area contributed by atoms with Crippen LogP contribution in [0.1, 0.15) is 26.2 Å². The molecule has 1 rings (SSSR count). The van der Waals surface area contributed by atoms with Crippen LogP contribution >= 0.6 is 0 Å². The van der Waals surface area contributed by atoms with Gasteiger partial charge in [-0.15, -0.1) is 12.3 Å². The quantitative estimate of drug-likeness (QED) is 0.537. The summed E-state index contributed by atoms with van der Waals surface area (Å²) in [6, 6.07) is -0.647. The smallest absolute Gasteiger partial charge is 0.317 e. The van der Waals surface area contributed by atoms with E-state index in [4.69, 9.17) is 16.3 Å². The molecule has 6 heteroatoms. The molecular formula is C14H22N2O4. The summed E-state index contributed by atoms with van der Waals surface area (Å²) in [6.07, 6.45) is 7.24. The maximum Gasteiger partial charge on any atom is 0.317 e. The van der Waals surface area contributed by atoms with E-state index >= 15 is 0 Å². The molecular weight excluding hydrogens is 260 g/mol. The number of terminal acetylenes is 1. The number of carboxylic acid groups (broad SMARTS) is 1. The molecule has 0 bridgehead atoms. The SMILES string of the molecule is C#CCCCNC(=O)N(CCC)C1COCC1C(=O)O. The number of hydrogen-bond acceptors (Lipinski definition) is 3. The van der Waals surface area contributed by atoms with E-state index in [0.717, 1.165) is 6.42 Å². The highest BCUT2D eigenvalue weighted by Crippen LogP contribution is 2.20. The number of amides is 2. The molecule has 1 fully saturated rings. The molecule has 1 aliphatic rings. The van der Waals surface area contributed by atoms with Gasteiger partial charge in [0.2, 0.25) is 0 Å². The Balaban J connectivity index is 2.60. The van der Waals surface area contributed by atoms with Crippen LogP contribution in [0.15, 0.2) is 0 Å². The highest BCUT2D eigenvalue weighted by Gasteiger charge is 2.39. The van der Waals surface area contributed by atoms with E-state index in [0.29, 0.717) is 25.9 Å². The van der Waals surface area contributed by atoms with Crippen LogP contribution in [0.4, 0.5) is 4.79 Å². The van der Waals surface area contributed by atoms with E-state index in [1.165, 1.54) is 0 Å². The van der Waals surface area contributed by atoms with E-state index in [-0.39, 0.29) is 19.2 Å². The highest BCUT2D eigenvalue weighted by atomic mass is 16.5. The highest BCUT2D eigenvalue weighted by molar-refractivity contribution is 5.77. The number of carboxylic acids is 1.